The molecule has 1 aromatic heterocycles. The largest absolute Gasteiger partial charge is 0.481 e. The van der Waals surface area contributed by atoms with Crippen LogP contribution >= 0.6 is 11.3 Å². The van der Waals surface area contributed by atoms with Crippen LogP contribution in [0, 0.1) is 12.8 Å². The van der Waals surface area contributed by atoms with Crippen molar-refractivity contribution in [3.05, 3.63) is 40.9 Å². The average Bonchev–Trinajstić information content (AvgIpc) is 2.93. The van der Waals surface area contributed by atoms with E-state index in [2.05, 4.69) is 4.98 Å². The van der Waals surface area contributed by atoms with E-state index in [1.54, 1.807) is 4.90 Å². The zero-order valence-electron chi connectivity index (χ0n) is 14.2. The molecule has 0 bridgehead atoms. The second-order valence-electron chi connectivity index (χ2n) is 6.09. The molecule has 1 aromatic carbocycles. The average molecular weight is 346 g/mol. The van der Waals surface area contributed by atoms with Crippen molar-refractivity contribution in [2.24, 2.45) is 5.92 Å². The number of thiazole rings is 1. The zero-order valence-corrected chi connectivity index (χ0v) is 15.0. The molecule has 1 amide bonds. The number of carboxylic acid groups (broad SMARTS) is 1. The van der Waals surface area contributed by atoms with Gasteiger partial charge in [0.25, 0.3) is 5.91 Å². The van der Waals surface area contributed by atoms with Gasteiger partial charge in [-0.3, -0.25) is 9.59 Å². The normalized spacial score (nSPS) is 10.8. The van der Waals surface area contributed by atoms with E-state index in [1.165, 1.54) is 11.3 Å². The van der Waals surface area contributed by atoms with Crippen molar-refractivity contribution >= 4 is 23.2 Å². The van der Waals surface area contributed by atoms with E-state index in [1.807, 2.05) is 51.1 Å². The lowest BCUT2D eigenvalue weighted by Crippen LogP contribution is -2.35. The second-order valence-corrected chi connectivity index (χ2v) is 7.09. The molecule has 0 saturated carbocycles. The molecule has 0 radical (unpaired) electrons. The molecule has 128 valence electrons. The van der Waals surface area contributed by atoms with Gasteiger partial charge in [0.2, 0.25) is 0 Å². The Balaban J connectivity index is 2.25. The van der Waals surface area contributed by atoms with Gasteiger partial charge in [-0.25, -0.2) is 4.98 Å². The van der Waals surface area contributed by atoms with Crippen molar-refractivity contribution in [2.75, 3.05) is 13.1 Å². The molecule has 0 atom stereocenters. The van der Waals surface area contributed by atoms with E-state index in [4.69, 9.17) is 5.11 Å². The number of aliphatic carboxylic acids is 1. The third kappa shape index (κ3) is 4.64. The summed E-state index contributed by atoms with van der Waals surface area (Å²) in [6.07, 6.45) is -0.0537. The third-order valence-corrected chi connectivity index (χ3v) is 4.67. The maximum atomic E-state index is 12.9. The Labute approximate surface area is 146 Å². The summed E-state index contributed by atoms with van der Waals surface area (Å²) in [6.45, 7) is 6.58. The Hall–Kier alpha value is -2.21. The number of carbonyl (C=O) groups excluding carboxylic acids is 1. The lowest BCUT2D eigenvalue weighted by molar-refractivity contribution is -0.137. The topological polar surface area (TPSA) is 70.5 Å². The predicted molar refractivity (Wildman–Crippen MR) is 95.3 cm³/mol. The van der Waals surface area contributed by atoms with Crippen molar-refractivity contribution in [3.8, 4) is 10.6 Å². The Morgan fingerprint density at radius 2 is 1.92 bits per heavy atom. The number of rotatable bonds is 7. The highest BCUT2D eigenvalue weighted by molar-refractivity contribution is 7.17. The van der Waals surface area contributed by atoms with Gasteiger partial charge in [-0.1, -0.05) is 44.2 Å². The van der Waals surface area contributed by atoms with E-state index in [0.717, 1.165) is 10.6 Å². The van der Waals surface area contributed by atoms with E-state index in [9.17, 15) is 9.59 Å². The van der Waals surface area contributed by atoms with Crippen LogP contribution in [0.25, 0.3) is 10.6 Å². The highest BCUT2D eigenvalue weighted by Gasteiger charge is 2.23. The van der Waals surface area contributed by atoms with Crippen molar-refractivity contribution < 1.29 is 14.7 Å². The first-order chi connectivity index (χ1) is 11.4. The molecule has 24 heavy (non-hydrogen) atoms. The lowest BCUT2D eigenvalue weighted by Gasteiger charge is -2.23. The van der Waals surface area contributed by atoms with Crippen molar-refractivity contribution in [1.29, 1.82) is 0 Å². The Morgan fingerprint density at radius 1 is 1.25 bits per heavy atom. The fourth-order valence-corrected chi connectivity index (χ4v) is 3.43. The number of hydrogen-bond acceptors (Lipinski definition) is 4. The first-order valence-electron chi connectivity index (χ1n) is 7.92. The summed E-state index contributed by atoms with van der Waals surface area (Å²) in [4.78, 5) is 30.4. The van der Waals surface area contributed by atoms with E-state index >= 15 is 0 Å². The van der Waals surface area contributed by atoms with Gasteiger partial charge in [0, 0.05) is 18.7 Å². The van der Waals surface area contributed by atoms with Crippen molar-refractivity contribution in [3.63, 3.8) is 0 Å². The third-order valence-electron chi connectivity index (χ3n) is 3.48. The minimum atomic E-state index is -0.900. The fraction of sp³-hybridized carbons (Fsp3) is 0.389. The van der Waals surface area contributed by atoms with Gasteiger partial charge in [0.15, 0.2) is 0 Å². The summed E-state index contributed by atoms with van der Waals surface area (Å²) in [7, 11) is 0. The predicted octanol–water partition coefficient (Wildman–Crippen LogP) is 3.69. The van der Waals surface area contributed by atoms with Crippen LogP contribution in [-0.2, 0) is 4.79 Å². The molecule has 2 aromatic rings. The van der Waals surface area contributed by atoms with Crippen LogP contribution in [0.2, 0.25) is 0 Å². The van der Waals surface area contributed by atoms with Gasteiger partial charge in [-0.05, 0) is 12.8 Å². The van der Waals surface area contributed by atoms with E-state index in [0.29, 0.717) is 17.1 Å². The Kier molecular flexibility index (Phi) is 6.09. The zero-order chi connectivity index (χ0) is 17.7. The molecule has 5 nitrogen and oxygen atoms in total. The van der Waals surface area contributed by atoms with Crippen LogP contribution in [0.4, 0.5) is 0 Å². The van der Waals surface area contributed by atoms with Crippen LogP contribution in [0.3, 0.4) is 0 Å². The van der Waals surface area contributed by atoms with Crippen LogP contribution in [0.5, 0.6) is 0 Å². The number of hydrogen-bond donors (Lipinski definition) is 1. The molecule has 0 aliphatic heterocycles. The first kappa shape index (κ1) is 18.1. The molecule has 6 heteroatoms. The number of carboxylic acids is 1. The molecule has 0 spiro atoms. The Bertz CT molecular complexity index is 710. The summed E-state index contributed by atoms with van der Waals surface area (Å²) in [6, 6.07) is 9.73. The van der Waals surface area contributed by atoms with Crippen LogP contribution in [0.15, 0.2) is 30.3 Å². The first-order valence-corrected chi connectivity index (χ1v) is 8.74. The minimum absolute atomic E-state index is 0.0537. The molecule has 1 heterocycles. The molecule has 0 saturated heterocycles. The maximum absolute atomic E-state index is 12.9. The van der Waals surface area contributed by atoms with Gasteiger partial charge in [0.1, 0.15) is 9.88 Å². The van der Waals surface area contributed by atoms with E-state index in [-0.39, 0.29) is 24.8 Å². The van der Waals surface area contributed by atoms with Crippen molar-refractivity contribution in [1.82, 2.24) is 9.88 Å². The monoisotopic (exact) mass is 346 g/mol. The van der Waals surface area contributed by atoms with Gasteiger partial charge >= 0.3 is 5.97 Å². The number of nitrogens with zero attached hydrogens (tertiary/aromatic N) is 2. The molecular weight excluding hydrogens is 324 g/mol. The number of aromatic nitrogens is 1. The summed E-state index contributed by atoms with van der Waals surface area (Å²) in [5.74, 6) is -0.769. The van der Waals surface area contributed by atoms with Crippen LogP contribution in [-0.4, -0.2) is 40.0 Å². The van der Waals surface area contributed by atoms with Crippen molar-refractivity contribution in [2.45, 2.75) is 27.2 Å². The number of benzene rings is 1. The van der Waals surface area contributed by atoms with Crippen LogP contribution in [0.1, 0.15) is 35.6 Å². The fourth-order valence-electron chi connectivity index (χ4n) is 2.39. The summed E-state index contributed by atoms with van der Waals surface area (Å²) >= 11 is 1.36. The summed E-state index contributed by atoms with van der Waals surface area (Å²) < 4.78 is 0. The lowest BCUT2D eigenvalue weighted by atomic mass is 10.2. The smallest absolute Gasteiger partial charge is 0.305 e. The van der Waals surface area contributed by atoms with Gasteiger partial charge in [0.05, 0.1) is 12.1 Å². The number of carbonyl (C=O) groups is 2. The summed E-state index contributed by atoms with van der Waals surface area (Å²) in [5.41, 5.74) is 1.67. The highest BCUT2D eigenvalue weighted by Crippen LogP contribution is 2.28. The van der Waals surface area contributed by atoms with Gasteiger partial charge in [-0.2, -0.15) is 0 Å². The summed E-state index contributed by atoms with van der Waals surface area (Å²) in [5, 5.41) is 9.71. The highest BCUT2D eigenvalue weighted by atomic mass is 32.1. The molecule has 0 fully saturated rings. The molecule has 0 aliphatic carbocycles. The molecule has 0 unspecified atom stereocenters. The molecule has 2 rings (SSSR count). The quantitative estimate of drug-likeness (QED) is 0.830. The second kappa shape index (κ2) is 8.06. The number of aryl methyl sites for hydroxylation is 1. The van der Waals surface area contributed by atoms with E-state index < -0.39 is 5.97 Å². The van der Waals surface area contributed by atoms with Crippen LogP contribution < -0.4 is 0 Å². The minimum Gasteiger partial charge on any atom is -0.481 e. The maximum Gasteiger partial charge on any atom is 0.305 e. The SMILES string of the molecule is Cc1nc(-c2ccccc2)sc1C(=O)N(CCC(=O)O)CC(C)C. The Morgan fingerprint density at radius 3 is 2.50 bits per heavy atom. The molecule has 0 aliphatic rings. The van der Waals surface area contributed by atoms with Gasteiger partial charge in [-0.15, -0.1) is 11.3 Å². The molecule has 1 N–H and O–H groups in total. The standard InChI is InChI=1S/C18H22N2O3S/c1-12(2)11-20(10-9-15(21)22)18(23)16-13(3)19-17(24-16)14-7-5-4-6-8-14/h4-8,12H,9-11H2,1-3H3,(H,21,22). The van der Waals surface area contributed by atoms with Gasteiger partial charge < -0.3 is 10.0 Å². The molecular formula is C18H22N2O3S. The number of amides is 1.